The topological polar surface area (TPSA) is 83.4 Å². The summed E-state index contributed by atoms with van der Waals surface area (Å²) in [4.78, 5) is 0.256. The first kappa shape index (κ1) is 23.2. The molecule has 1 aliphatic carbocycles. The van der Waals surface area contributed by atoms with Crippen LogP contribution < -0.4 is 9.46 Å². The van der Waals surface area contributed by atoms with Crippen molar-refractivity contribution in [2.24, 2.45) is 0 Å². The Morgan fingerprint density at radius 1 is 1.16 bits per heavy atom. The van der Waals surface area contributed by atoms with E-state index in [-0.39, 0.29) is 10.9 Å². The van der Waals surface area contributed by atoms with E-state index in [1.165, 1.54) is 3.97 Å². The van der Waals surface area contributed by atoms with Crippen LogP contribution in [0.2, 0.25) is 0 Å². The van der Waals surface area contributed by atoms with Gasteiger partial charge in [0.15, 0.2) is 0 Å². The molecule has 172 valence electrons. The molecule has 0 aliphatic heterocycles. The molecule has 8 heteroatoms. The predicted molar refractivity (Wildman–Crippen MR) is 129 cm³/mol. The van der Waals surface area contributed by atoms with Crippen LogP contribution in [0.1, 0.15) is 56.5 Å². The molecule has 1 aromatic heterocycles. The van der Waals surface area contributed by atoms with E-state index in [0.717, 1.165) is 35.0 Å². The van der Waals surface area contributed by atoms with E-state index >= 15 is 0 Å². The molecule has 2 aromatic carbocycles. The molecule has 4 rings (SSSR count). The first-order valence-electron chi connectivity index (χ1n) is 10.8. The molecule has 0 fully saturated rings. The number of hydrogen-bond acceptors (Lipinski definition) is 5. The Bertz CT molecular complexity index is 1240. The summed E-state index contributed by atoms with van der Waals surface area (Å²) in [6.45, 7) is 7.71. The highest BCUT2D eigenvalue weighted by atomic mass is 32.2. The smallest absolute Gasteiger partial charge is 0.268 e. The fourth-order valence-electron chi connectivity index (χ4n) is 4.20. The summed E-state index contributed by atoms with van der Waals surface area (Å²) in [5, 5.41) is 0.818. The summed E-state index contributed by atoms with van der Waals surface area (Å²) in [6.07, 6.45) is 2.23. The summed E-state index contributed by atoms with van der Waals surface area (Å²) in [5.74, 6) is 0.659. The summed E-state index contributed by atoms with van der Waals surface area (Å²) in [6, 6.07) is 12.2. The molecule has 0 saturated carbocycles. The molecule has 0 spiro atoms. The van der Waals surface area contributed by atoms with Crippen molar-refractivity contribution < 1.29 is 17.7 Å². The molecule has 3 aromatic rings. The number of methoxy groups -OCH3 is 1. The first-order valence-corrected chi connectivity index (χ1v) is 13.3. The first-order chi connectivity index (χ1) is 15.0. The van der Waals surface area contributed by atoms with Crippen molar-refractivity contribution in [1.82, 2.24) is 8.69 Å². The maximum absolute atomic E-state index is 13.8. The van der Waals surface area contributed by atoms with Crippen LogP contribution >= 0.6 is 0 Å². The molecular formula is C24H30N2O4S2. The van der Waals surface area contributed by atoms with Crippen LogP contribution in [-0.2, 0) is 27.8 Å². The largest absolute Gasteiger partial charge is 0.598 e. The maximum Gasteiger partial charge on any atom is 0.268 e. The number of fused-ring (bicyclic) bond motifs is 3. The quantitative estimate of drug-likeness (QED) is 0.546. The van der Waals surface area contributed by atoms with Crippen LogP contribution in [0.3, 0.4) is 0 Å². The molecule has 0 unspecified atom stereocenters. The fraction of sp³-hybridized carbons (Fsp3) is 0.417. The van der Waals surface area contributed by atoms with Crippen molar-refractivity contribution in [3.63, 3.8) is 0 Å². The van der Waals surface area contributed by atoms with Gasteiger partial charge in [-0.15, -0.1) is 4.72 Å². The van der Waals surface area contributed by atoms with Crippen molar-refractivity contribution >= 4 is 32.3 Å². The average molecular weight is 475 g/mol. The van der Waals surface area contributed by atoms with Crippen LogP contribution in [0, 0.1) is 6.92 Å². The highest BCUT2D eigenvalue weighted by molar-refractivity contribution is 7.91. The molecule has 1 heterocycles. The van der Waals surface area contributed by atoms with Crippen LogP contribution in [-0.4, -0.2) is 28.8 Å². The second-order valence-electron chi connectivity index (χ2n) is 9.27. The summed E-state index contributed by atoms with van der Waals surface area (Å²) >= 11 is -1.28. The lowest BCUT2D eigenvalue weighted by Crippen LogP contribution is -2.42. The van der Waals surface area contributed by atoms with Gasteiger partial charge in [0, 0.05) is 28.0 Å². The van der Waals surface area contributed by atoms with Gasteiger partial charge in [0.05, 0.1) is 23.6 Å². The predicted octanol–water partition coefficient (Wildman–Crippen LogP) is 4.62. The zero-order chi connectivity index (χ0) is 23.3. The molecule has 1 aliphatic rings. The molecule has 0 radical (unpaired) electrons. The summed E-state index contributed by atoms with van der Waals surface area (Å²) in [7, 11) is -2.21. The Kier molecular flexibility index (Phi) is 6.09. The number of benzene rings is 2. The lowest BCUT2D eigenvalue weighted by molar-refractivity contribution is 0.415. The third-order valence-corrected chi connectivity index (χ3v) is 9.26. The standard InChI is InChI=1S/C24H30N2O4S2/c1-16-9-12-18(13-10-16)32(28,29)26-21-14-11-17(30-5)15-19(21)23-20(7-6-8-22(23)26)25-31(27)24(2,3)4/h9-15,20,25H,6-8H2,1-5H3/t20-,31-/m1/s1. The van der Waals surface area contributed by atoms with Gasteiger partial charge in [-0.25, -0.2) is 12.4 Å². The van der Waals surface area contributed by atoms with Crippen molar-refractivity contribution in [3.05, 3.63) is 59.3 Å². The summed E-state index contributed by atoms with van der Waals surface area (Å²) in [5.41, 5.74) is 3.27. The van der Waals surface area contributed by atoms with Crippen LogP contribution in [0.4, 0.5) is 0 Å². The maximum atomic E-state index is 13.8. The van der Waals surface area contributed by atoms with Crippen molar-refractivity contribution in [2.45, 2.75) is 62.6 Å². The number of hydrogen-bond donors (Lipinski definition) is 1. The third-order valence-electron chi connectivity index (χ3n) is 5.89. The van der Waals surface area contributed by atoms with Crippen LogP contribution in [0.15, 0.2) is 47.4 Å². The molecule has 0 saturated heterocycles. The number of aromatic nitrogens is 1. The van der Waals surface area contributed by atoms with Gasteiger partial charge in [-0.2, -0.15) is 0 Å². The second kappa shape index (κ2) is 8.41. The van der Waals surface area contributed by atoms with Gasteiger partial charge >= 0.3 is 0 Å². The van der Waals surface area contributed by atoms with Gasteiger partial charge in [0.2, 0.25) is 0 Å². The van der Waals surface area contributed by atoms with E-state index < -0.39 is 26.1 Å². The lowest BCUT2D eigenvalue weighted by atomic mass is 9.91. The monoisotopic (exact) mass is 474 g/mol. The molecule has 0 amide bonds. The normalized spacial score (nSPS) is 17.9. The Labute approximate surface area is 193 Å². The highest BCUT2D eigenvalue weighted by Crippen LogP contribution is 2.41. The van der Waals surface area contributed by atoms with E-state index in [1.54, 1.807) is 31.4 Å². The van der Waals surface area contributed by atoms with Crippen molar-refractivity contribution in [2.75, 3.05) is 7.11 Å². The lowest BCUT2D eigenvalue weighted by Gasteiger charge is -2.30. The zero-order valence-corrected chi connectivity index (χ0v) is 20.8. The highest BCUT2D eigenvalue weighted by Gasteiger charge is 2.37. The summed E-state index contributed by atoms with van der Waals surface area (Å²) < 4.78 is 50.3. The second-order valence-corrected chi connectivity index (χ2v) is 13.1. The SMILES string of the molecule is COc1ccc2c(c1)c1c(n2S(=O)(=O)c2ccc(C)cc2)CCC[C@H]1N[S@+]([O-])C(C)(C)C. The average Bonchev–Trinajstić information content (AvgIpc) is 3.08. The number of nitrogens with zero attached hydrogens (tertiary/aromatic N) is 1. The Morgan fingerprint density at radius 2 is 1.84 bits per heavy atom. The van der Waals surface area contributed by atoms with Gasteiger partial charge in [-0.3, -0.25) is 0 Å². The van der Waals surface area contributed by atoms with E-state index in [2.05, 4.69) is 4.72 Å². The van der Waals surface area contributed by atoms with Gasteiger partial charge < -0.3 is 9.29 Å². The van der Waals surface area contributed by atoms with E-state index in [4.69, 9.17) is 4.74 Å². The van der Waals surface area contributed by atoms with Gasteiger partial charge in [0.25, 0.3) is 10.0 Å². The zero-order valence-electron chi connectivity index (χ0n) is 19.1. The number of aryl methyl sites for hydroxylation is 1. The molecule has 0 bridgehead atoms. The van der Waals surface area contributed by atoms with Crippen LogP contribution in [0.5, 0.6) is 5.75 Å². The Morgan fingerprint density at radius 3 is 2.47 bits per heavy atom. The van der Waals surface area contributed by atoms with E-state index in [1.807, 2.05) is 45.9 Å². The number of rotatable bonds is 5. The Balaban J connectivity index is 1.95. The minimum atomic E-state index is -3.81. The molecule has 6 nitrogen and oxygen atoms in total. The van der Waals surface area contributed by atoms with Gasteiger partial charge in [0.1, 0.15) is 10.5 Å². The minimum Gasteiger partial charge on any atom is -0.598 e. The van der Waals surface area contributed by atoms with Crippen molar-refractivity contribution in [1.29, 1.82) is 0 Å². The number of nitrogens with one attached hydrogen (secondary N) is 1. The van der Waals surface area contributed by atoms with Crippen LogP contribution in [0.25, 0.3) is 10.9 Å². The Hall–Kier alpha value is -2.00. The third kappa shape index (κ3) is 4.05. The molecule has 2 atom stereocenters. The minimum absolute atomic E-state index is 0.206. The van der Waals surface area contributed by atoms with Crippen molar-refractivity contribution in [3.8, 4) is 5.75 Å². The van der Waals surface area contributed by atoms with E-state index in [9.17, 15) is 13.0 Å². The van der Waals surface area contributed by atoms with Gasteiger partial charge in [-0.05, 0) is 77.3 Å². The molecule has 1 N–H and O–H groups in total. The number of ether oxygens (including phenoxy) is 1. The van der Waals surface area contributed by atoms with Gasteiger partial charge in [-0.1, -0.05) is 17.7 Å². The molecular weight excluding hydrogens is 444 g/mol. The van der Waals surface area contributed by atoms with E-state index in [0.29, 0.717) is 17.7 Å². The molecule has 32 heavy (non-hydrogen) atoms. The fourth-order valence-corrected chi connectivity index (χ4v) is 6.64.